The Bertz CT molecular complexity index is 1320. The van der Waals surface area contributed by atoms with Crippen LogP contribution in [-0.2, 0) is 10.0 Å². The standard InChI is InChI=1S/C19H14F2N4O2S/c1-11-2-4-13(5-3-11)28(26,27)25-10-15(14-8-12(20)9-23-19(14)25)17-7-6-16(21)18(22)24-17/h2-10H,1H3,(H2,22,24). The van der Waals surface area contributed by atoms with Crippen molar-refractivity contribution in [1.82, 2.24) is 13.9 Å². The second-order valence-corrected chi connectivity index (χ2v) is 8.06. The lowest BCUT2D eigenvalue weighted by atomic mass is 10.1. The lowest BCUT2D eigenvalue weighted by Gasteiger charge is -2.07. The molecule has 142 valence electrons. The van der Waals surface area contributed by atoms with Gasteiger partial charge in [-0.15, -0.1) is 0 Å². The molecule has 4 aromatic rings. The van der Waals surface area contributed by atoms with Gasteiger partial charge in [0, 0.05) is 17.1 Å². The quantitative estimate of drug-likeness (QED) is 0.568. The van der Waals surface area contributed by atoms with E-state index in [4.69, 9.17) is 5.73 Å². The summed E-state index contributed by atoms with van der Waals surface area (Å²) in [5.74, 6) is -1.69. The van der Waals surface area contributed by atoms with Crippen LogP contribution in [0, 0.1) is 18.6 Å². The average Bonchev–Trinajstić information content (AvgIpc) is 3.04. The van der Waals surface area contributed by atoms with E-state index < -0.39 is 21.7 Å². The maximum Gasteiger partial charge on any atom is 0.269 e. The summed E-state index contributed by atoms with van der Waals surface area (Å²) in [5.41, 5.74) is 6.93. The number of halogens is 2. The number of nitrogens with zero attached hydrogens (tertiary/aromatic N) is 3. The summed E-state index contributed by atoms with van der Waals surface area (Å²) in [5, 5.41) is 0.217. The lowest BCUT2D eigenvalue weighted by molar-refractivity contribution is 0.588. The zero-order valence-corrected chi connectivity index (χ0v) is 15.4. The molecule has 0 fully saturated rings. The Labute approximate surface area is 159 Å². The fourth-order valence-electron chi connectivity index (χ4n) is 2.87. The van der Waals surface area contributed by atoms with Crippen LogP contribution in [0.4, 0.5) is 14.6 Å². The van der Waals surface area contributed by atoms with Crippen molar-refractivity contribution in [3.63, 3.8) is 0 Å². The van der Waals surface area contributed by atoms with E-state index in [1.165, 1.54) is 24.4 Å². The van der Waals surface area contributed by atoms with Crippen molar-refractivity contribution in [3.8, 4) is 11.3 Å². The zero-order valence-electron chi connectivity index (χ0n) is 14.6. The molecule has 0 saturated heterocycles. The molecule has 0 aliphatic rings. The number of hydrogen-bond donors (Lipinski definition) is 1. The summed E-state index contributed by atoms with van der Waals surface area (Å²) >= 11 is 0. The van der Waals surface area contributed by atoms with E-state index >= 15 is 0 Å². The summed E-state index contributed by atoms with van der Waals surface area (Å²) < 4.78 is 54.5. The van der Waals surface area contributed by atoms with Gasteiger partial charge in [0.15, 0.2) is 17.3 Å². The highest BCUT2D eigenvalue weighted by Crippen LogP contribution is 2.32. The number of pyridine rings is 2. The third kappa shape index (κ3) is 2.89. The SMILES string of the molecule is Cc1ccc(S(=O)(=O)n2cc(-c3ccc(F)c(N)n3)c3cc(F)cnc32)cc1. The van der Waals surface area contributed by atoms with Crippen LogP contribution in [0.25, 0.3) is 22.3 Å². The molecule has 0 aliphatic carbocycles. The molecule has 0 spiro atoms. The van der Waals surface area contributed by atoms with Gasteiger partial charge < -0.3 is 5.73 Å². The molecule has 6 nitrogen and oxygen atoms in total. The van der Waals surface area contributed by atoms with Crippen LogP contribution in [-0.4, -0.2) is 22.4 Å². The van der Waals surface area contributed by atoms with Gasteiger partial charge in [-0.2, -0.15) is 0 Å². The third-order valence-corrected chi connectivity index (χ3v) is 5.97. The van der Waals surface area contributed by atoms with Gasteiger partial charge in [-0.3, -0.25) is 0 Å². The number of anilines is 1. The highest BCUT2D eigenvalue weighted by molar-refractivity contribution is 7.90. The number of aryl methyl sites for hydroxylation is 1. The number of rotatable bonds is 3. The smallest absolute Gasteiger partial charge is 0.269 e. The Morgan fingerprint density at radius 3 is 2.46 bits per heavy atom. The van der Waals surface area contributed by atoms with Crippen molar-refractivity contribution in [1.29, 1.82) is 0 Å². The summed E-state index contributed by atoms with van der Waals surface area (Å²) in [6.45, 7) is 1.84. The summed E-state index contributed by atoms with van der Waals surface area (Å²) in [6, 6.07) is 9.92. The molecule has 0 amide bonds. The van der Waals surface area contributed by atoms with Crippen molar-refractivity contribution < 1.29 is 17.2 Å². The van der Waals surface area contributed by atoms with E-state index in [-0.39, 0.29) is 33.0 Å². The monoisotopic (exact) mass is 400 g/mol. The molecule has 0 unspecified atom stereocenters. The maximum atomic E-state index is 13.8. The summed E-state index contributed by atoms with van der Waals surface area (Å²) in [4.78, 5) is 7.95. The van der Waals surface area contributed by atoms with Gasteiger partial charge in [0.25, 0.3) is 10.0 Å². The molecule has 4 rings (SSSR count). The molecule has 0 bridgehead atoms. The fourth-order valence-corrected chi connectivity index (χ4v) is 4.20. The van der Waals surface area contributed by atoms with Gasteiger partial charge in [-0.25, -0.2) is 31.1 Å². The first-order valence-corrected chi connectivity index (χ1v) is 9.62. The Morgan fingerprint density at radius 2 is 1.79 bits per heavy atom. The summed E-state index contributed by atoms with van der Waals surface area (Å²) in [6.07, 6.45) is 2.21. The first kappa shape index (κ1) is 18.1. The molecule has 0 saturated carbocycles. The van der Waals surface area contributed by atoms with Gasteiger partial charge in [-0.05, 0) is 37.3 Å². The van der Waals surface area contributed by atoms with Gasteiger partial charge in [0.2, 0.25) is 0 Å². The van der Waals surface area contributed by atoms with Gasteiger partial charge in [0.05, 0.1) is 16.8 Å². The second-order valence-electron chi connectivity index (χ2n) is 6.24. The van der Waals surface area contributed by atoms with Crippen LogP contribution in [0.1, 0.15) is 5.56 Å². The Balaban J connectivity index is 2.00. The van der Waals surface area contributed by atoms with Crippen LogP contribution in [0.2, 0.25) is 0 Å². The number of nitrogens with two attached hydrogens (primary N) is 1. The van der Waals surface area contributed by atoms with Crippen LogP contribution >= 0.6 is 0 Å². The maximum absolute atomic E-state index is 13.8. The highest BCUT2D eigenvalue weighted by atomic mass is 32.2. The van der Waals surface area contributed by atoms with E-state index in [2.05, 4.69) is 9.97 Å². The minimum atomic E-state index is -4.00. The van der Waals surface area contributed by atoms with E-state index in [0.717, 1.165) is 27.9 Å². The molecule has 1 aromatic carbocycles. The molecule has 3 aromatic heterocycles. The van der Waals surface area contributed by atoms with Crippen molar-refractivity contribution >= 4 is 26.9 Å². The molecular weight excluding hydrogens is 386 g/mol. The molecule has 3 heterocycles. The topological polar surface area (TPSA) is 90.9 Å². The van der Waals surface area contributed by atoms with E-state index in [1.807, 2.05) is 6.92 Å². The molecule has 0 radical (unpaired) electrons. The summed E-state index contributed by atoms with van der Waals surface area (Å²) in [7, 11) is -4.00. The first-order valence-electron chi connectivity index (χ1n) is 8.18. The lowest BCUT2D eigenvalue weighted by Crippen LogP contribution is -2.12. The highest BCUT2D eigenvalue weighted by Gasteiger charge is 2.24. The predicted molar refractivity (Wildman–Crippen MR) is 101 cm³/mol. The normalized spacial score (nSPS) is 11.8. The van der Waals surface area contributed by atoms with Gasteiger partial charge >= 0.3 is 0 Å². The molecule has 0 atom stereocenters. The van der Waals surface area contributed by atoms with E-state index in [1.54, 1.807) is 12.1 Å². The number of nitrogen functional groups attached to an aromatic ring is 1. The molecule has 28 heavy (non-hydrogen) atoms. The van der Waals surface area contributed by atoms with Crippen LogP contribution in [0.15, 0.2) is 59.8 Å². The molecule has 2 N–H and O–H groups in total. The Kier molecular flexibility index (Phi) is 4.11. The van der Waals surface area contributed by atoms with Gasteiger partial charge in [-0.1, -0.05) is 17.7 Å². The first-order chi connectivity index (χ1) is 13.3. The van der Waals surface area contributed by atoms with Crippen molar-refractivity contribution in [2.24, 2.45) is 0 Å². The average molecular weight is 400 g/mol. The molecule has 9 heteroatoms. The minimum absolute atomic E-state index is 0.0293. The zero-order chi connectivity index (χ0) is 20.1. The second kappa shape index (κ2) is 6.38. The number of hydrogen-bond acceptors (Lipinski definition) is 5. The van der Waals surface area contributed by atoms with Crippen LogP contribution in [0.5, 0.6) is 0 Å². The molecule has 0 aliphatic heterocycles. The van der Waals surface area contributed by atoms with E-state index in [9.17, 15) is 17.2 Å². The number of fused-ring (bicyclic) bond motifs is 1. The fraction of sp³-hybridized carbons (Fsp3) is 0.0526. The van der Waals surface area contributed by atoms with Crippen molar-refractivity contribution in [3.05, 3.63) is 72.1 Å². The number of benzene rings is 1. The Hall–Kier alpha value is -3.33. The van der Waals surface area contributed by atoms with Crippen LogP contribution < -0.4 is 5.73 Å². The van der Waals surface area contributed by atoms with Crippen molar-refractivity contribution in [2.75, 3.05) is 5.73 Å². The van der Waals surface area contributed by atoms with E-state index in [0.29, 0.717) is 0 Å². The van der Waals surface area contributed by atoms with Crippen molar-refractivity contribution in [2.45, 2.75) is 11.8 Å². The van der Waals surface area contributed by atoms with Crippen LogP contribution in [0.3, 0.4) is 0 Å². The Morgan fingerprint density at radius 1 is 1.07 bits per heavy atom. The van der Waals surface area contributed by atoms with Gasteiger partial charge in [0.1, 0.15) is 5.82 Å². The predicted octanol–water partition coefficient (Wildman–Crippen LogP) is 3.50. The third-order valence-electron chi connectivity index (χ3n) is 4.31. The largest absolute Gasteiger partial charge is 0.381 e. The number of aromatic nitrogens is 3. The molecular formula is C19H14F2N4O2S. The minimum Gasteiger partial charge on any atom is -0.381 e.